The Balaban J connectivity index is 1.63. The molecule has 0 aliphatic carbocycles. The van der Waals surface area contributed by atoms with Crippen LogP contribution in [0.25, 0.3) is 0 Å². The maximum atomic E-state index is 13.3. The van der Waals surface area contributed by atoms with Gasteiger partial charge in [-0.2, -0.15) is 13.2 Å². The van der Waals surface area contributed by atoms with Gasteiger partial charge in [-0.05, 0) is 44.0 Å². The highest BCUT2D eigenvalue weighted by molar-refractivity contribution is 6.05. The van der Waals surface area contributed by atoms with Crippen LogP contribution in [0.2, 0.25) is 0 Å². The molecule has 2 N–H and O–H groups in total. The summed E-state index contributed by atoms with van der Waals surface area (Å²) in [5.74, 6) is -1.20. The maximum Gasteiger partial charge on any atom is 0.408 e. The molecular weight excluding hydrogens is 432 g/mol. The van der Waals surface area contributed by atoms with E-state index in [1.165, 1.54) is 17.0 Å². The molecule has 12 heteroatoms. The number of hydrogen-bond donors (Lipinski definition) is 2. The summed E-state index contributed by atoms with van der Waals surface area (Å²) in [6.07, 6.45) is -2.97. The SMILES string of the molecule is Cc1cc(F)cnc1NC(=O)N1c2nc(C(=O)NC(C)C(F)(F)F)ccc2N2CC[C@H]1C2. The molecule has 2 bridgehead atoms. The minimum absolute atomic E-state index is 0.170. The van der Waals surface area contributed by atoms with Gasteiger partial charge in [0.2, 0.25) is 0 Å². The number of aryl methyl sites for hydroxylation is 1. The Morgan fingerprint density at radius 1 is 1.28 bits per heavy atom. The summed E-state index contributed by atoms with van der Waals surface area (Å²) < 4.78 is 51.8. The summed E-state index contributed by atoms with van der Waals surface area (Å²) in [4.78, 5) is 37.0. The predicted molar refractivity (Wildman–Crippen MR) is 108 cm³/mol. The molecule has 1 fully saturated rings. The summed E-state index contributed by atoms with van der Waals surface area (Å²) in [6.45, 7) is 3.64. The van der Waals surface area contributed by atoms with Gasteiger partial charge in [0.25, 0.3) is 5.91 Å². The van der Waals surface area contributed by atoms with Crippen molar-refractivity contribution in [1.82, 2.24) is 15.3 Å². The highest BCUT2D eigenvalue weighted by atomic mass is 19.4. The fraction of sp³-hybridized carbons (Fsp3) is 0.400. The number of alkyl halides is 3. The molecule has 4 heterocycles. The van der Waals surface area contributed by atoms with Crippen molar-refractivity contribution < 1.29 is 27.2 Å². The molecule has 0 aromatic carbocycles. The normalized spacial score (nSPS) is 18.2. The van der Waals surface area contributed by atoms with Crippen molar-refractivity contribution in [2.24, 2.45) is 0 Å². The number of nitrogens with one attached hydrogen (secondary N) is 2. The molecule has 4 rings (SSSR count). The number of halogens is 4. The van der Waals surface area contributed by atoms with Crippen molar-refractivity contribution in [2.75, 3.05) is 28.2 Å². The number of carbonyl (C=O) groups excluding carboxylic acids is 2. The zero-order valence-electron chi connectivity index (χ0n) is 17.2. The number of anilines is 3. The lowest BCUT2D eigenvalue weighted by atomic mass is 10.1. The van der Waals surface area contributed by atoms with Crippen molar-refractivity contribution >= 4 is 29.3 Å². The lowest BCUT2D eigenvalue weighted by molar-refractivity contribution is -0.149. The molecule has 0 spiro atoms. The highest BCUT2D eigenvalue weighted by Crippen LogP contribution is 2.39. The van der Waals surface area contributed by atoms with Crippen LogP contribution in [-0.4, -0.2) is 53.3 Å². The van der Waals surface area contributed by atoms with E-state index in [4.69, 9.17) is 0 Å². The molecule has 3 amide bonds. The fourth-order valence-corrected chi connectivity index (χ4v) is 3.78. The van der Waals surface area contributed by atoms with Gasteiger partial charge in [0.15, 0.2) is 5.82 Å². The van der Waals surface area contributed by atoms with Crippen molar-refractivity contribution in [3.63, 3.8) is 0 Å². The Morgan fingerprint density at radius 2 is 2.03 bits per heavy atom. The van der Waals surface area contributed by atoms with Crippen LogP contribution in [0.1, 0.15) is 29.4 Å². The molecule has 2 aromatic heterocycles. The second-order valence-corrected chi connectivity index (χ2v) is 7.78. The van der Waals surface area contributed by atoms with Crippen LogP contribution in [0, 0.1) is 12.7 Å². The van der Waals surface area contributed by atoms with E-state index in [1.54, 1.807) is 13.0 Å². The Hall–Kier alpha value is -3.44. The van der Waals surface area contributed by atoms with Crippen molar-refractivity contribution in [2.45, 2.75) is 38.5 Å². The lowest BCUT2D eigenvalue weighted by Gasteiger charge is -2.35. The van der Waals surface area contributed by atoms with Crippen LogP contribution < -0.4 is 20.4 Å². The van der Waals surface area contributed by atoms with Gasteiger partial charge >= 0.3 is 12.2 Å². The number of urea groups is 1. The zero-order chi connectivity index (χ0) is 23.2. The smallest absolute Gasteiger partial charge is 0.366 e. The van der Waals surface area contributed by atoms with Crippen LogP contribution in [0.4, 0.5) is 39.7 Å². The maximum absolute atomic E-state index is 13.3. The Bertz CT molecular complexity index is 1080. The van der Waals surface area contributed by atoms with Gasteiger partial charge in [-0.25, -0.2) is 19.2 Å². The molecule has 170 valence electrons. The molecule has 1 unspecified atom stereocenters. The van der Waals surface area contributed by atoms with Crippen molar-refractivity contribution in [3.05, 3.63) is 41.5 Å². The van der Waals surface area contributed by atoms with Gasteiger partial charge in [0.05, 0.1) is 17.9 Å². The minimum Gasteiger partial charge on any atom is -0.366 e. The van der Waals surface area contributed by atoms with Crippen LogP contribution in [-0.2, 0) is 0 Å². The molecule has 8 nitrogen and oxygen atoms in total. The number of nitrogens with zero attached hydrogens (tertiary/aromatic N) is 4. The first-order valence-corrected chi connectivity index (χ1v) is 9.90. The van der Waals surface area contributed by atoms with Crippen molar-refractivity contribution in [3.8, 4) is 0 Å². The molecule has 2 aliphatic rings. The first-order valence-electron chi connectivity index (χ1n) is 9.90. The van der Waals surface area contributed by atoms with Gasteiger partial charge in [0.1, 0.15) is 23.4 Å². The van der Waals surface area contributed by atoms with E-state index in [0.29, 0.717) is 30.8 Å². The number of fused-ring (bicyclic) bond motifs is 4. The van der Waals surface area contributed by atoms with E-state index in [0.717, 1.165) is 13.1 Å². The summed E-state index contributed by atoms with van der Waals surface area (Å²) >= 11 is 0. The molecule has 32 heavy (non-hydrogen) atoms. The van der Waals surface area contributed by atoms with Gasteiger partial charge in [-0.15, -0.1) is 0 Å². The molecule has 0 radical (unpaired) electrons. The second-order valence-electron chi connectivity index (χ2n) is 7.78. The van der Waals surface area contributed by atoms with E-state index in [1.807, 2.05) is 10.2 Å². The first-order chi connectivity index (χ1) is 15.0. The van der Waals surface area contributed by atoms with E-state index in [9.17, 15) is 27.2 Å². The number of carbonyl (C=O) groups is 2. The van der Waals surface area contributed by atoms with E-state index < -0.39 is 30.0 Å². The van der Waals surface area contributed by atoms with E-state index in [2.05, 4.69) is 15.3 Å². The highest BCUT2D eigenvalue weighted by Gasteiger charge is 2.41. The fourth-order valence-electron chi connectivity index (χ4n) is 3.78. The average Bonchev–Trinajstić information content (AvgIpc) is 3.13. The number of amides is 3. The quantitative estimate of drug-likeness (QED) is 0.698. The van der Waals surface area contributed by atoms with E-state index in [-0.39, 0.29) is 23.4 Å². The van der Waals surface area contributed by atoms with Gasteiger partial charge in [0, 0.05) is 13.1 Å². The standard InChI is InChI=1S/C20H20F4N6O2/c1-10-7-12(21)8-25-16(10)28-19(32)30-13-5-6-29(9-13)15-4-3-14(27-17(15)30)18(31)26-11(2)20(22,23)24/h3-4,7-8,11,13H,5-6,9H2,1-2H3,(H,26,31)(H,25,28,32)/t11?,13-/m0/s1. The van der Waals surface area contributed by atoms with E-state index >= 15 is 0 Å². The first kappa shape index (κ1) is 21.8. The Morgan fingerprint density at radius 3 is 2.72 bits per heavy atom. The molecule has 2 aromatic rings. The molecular formula is C20H20F4N6O2. The molecule has 2 atom stereocenters. The molecule has 1 saturated heterocycles. The van der Waals surface area contributed by atoms with Crippen LogP contribution >= 0.6 is 0 Å². The third-order valence-electron chi connectivity index (χ3n) is 5.51. The monoisotopic (exact) mass is 452 g/mol. The predicted octanol–water partition coefficient (Wildman–Crippen LogP) is 3.24. The van der Waals surface area contributed by atoms with Gasteiger partial charge in [-0.1, -0.05) is 0 Å². The van der Waals surface area contributed by atoms with Crippen LogP contribution in [0.15, 0.2) is 24.4 Å². The number of pyridine rings is 2. The minimum atomic E-state index is -4.60. The summed E-state index contributed by atoms with van der Waals surface area (Å²) in [5, 5.41) is 4.51. The molecule has 0 saturated carbocycles. The van der Waals surface area contributed by atoms with Crippen LogP contribution in [0.3, 0.4) is 0 Å². The topological polar surface area (TPSA) is 90.5 Å². The zero-order valence-corrected chi connectivity index (χ0v) is 17.2. The van der Waals surface area contributed by atoms with Crippen molar-refractivity contribution in [1.29, 1.82) is 0 Å². The van der Waals surface area contributed by atoms with Gasteiger partial charge < -0.3 is 10.2 Å². The summed E-state index contributed by atoms with van der Waals surface area (Å²) in [5.41, 5.74) is 0.778. The summed E-state index contributed by atoms with van der Waals surface area (Å²) in [7, 11) is 0. The second kappa shape index (κ2) is 7.92. The summed E-state index contributed by atoms with van der Waals surface area (Å²) in [6, 6.07) is 1.25. The largest absolute Gasteiger partial charge is 0.408 e. The number of aromatic nitrogens is 2. The lowest BCUT2D eigenvalue weighted by Crippen LogP contribution is -2.49. The van der Waals surface area contributed by atoms with Crippen LogP contribution in [0.5, 0.6) is 0 Å². The Labute approximate surface area is 180 Å². The third-order valence-corrected chi connectivity index (χ3v) is 5.51. The average molecular weight is 452 g/mol. The Kier molecular flexibility index (Phi) is 5.39. The molecule has 2 aliphatic heterocycles. The van der Waals surface area contributed by atoms with Gasteiger partial charge in [-0.3, -0.25) is 15.0 Å². The third kappa shape index (κ3) is 4.04. The number of rotatable bonds is 3. The number of hydrogen-bond acceptors (Lipinski definition) is 5.